The smallest absolute Gasteiger partial charge is 0.328 e. The Hall–Kier alpha value is -2.08. The van der Waals surface area contributed by atoms with Crippen molar-refractivity contribution in [3.8, 4) is 0 Å². The second-order valence-corrected chi connectivity index (χ2v) is 4.53. The molecule has 1 rings (SSSR count). The lowest BCUT2D eigenvalue weighted by Gasteiger charge is -2.17. The molecule has 2 unspecified atom stereocenters. The Balaban J connectivity index is 2.71. The van der Waals surface area contributed by atoms with Crippen molar-refractivity contribution in [2.75, 3.05) is 5.32 Å². The lowest BCUT2D eigenvalue weighted by atomic mass is 10.1. The van der Waals surface area contributed by atoms with Gasteiger partial charge >= 0.3 is 12.0 Å². The molecule has 0 saturated heterocycles. The first-order valence-corrected chi connectivity index (χ1v) is 5.86. The minimum Gasteiger partial charge on any atom is -0.480 e. The van der Waals surface area contributed by atoms with Crippen LogP contribution < -0.4 is 10.6 Å². The van der Waals surface area contributed by atoms with Crippen molar-refractivity contribution < 1.29 is 19.8 Å². The van der Waals surface area contributed by atoms with Crippen molar-refractivity contribution in [3.63, 3.8) is 0 Å². The van der Waals surface area contributed by atoms with Gasteiger partial charge in [0.15, 0.2) is 6.04 Å². The van der Waals surface area contributed by atoms with E-state index in [1.807, 2.05) is 19.9 Å². The van der Waals surface area contributed by atoms with Crippen LogP contribution in [0.3, 0.4) is 0 Å². The standard InChI is InChI=1S/C13H18N2O4/c1-7-4-8(2)6-10(5-7)14-13(19)15-11(9(3)16)12(17)18/h4-6,9,11,16H,1-3H3,(H,17,18)(H2,14,15,19). The highest BCUT2D eigenvalue weighted by molar-refractivity contribution is 5.92. The van der Waals surface area contributed by atoms with Crippen LogP contribution in [-0.2, 0) is 4.79 Å². The van der Waals surface area contributed by atoms with Gasteiger partial charge in [-0.2, -0.15) is 0 Å². The molecule has 0 aliphatic heterocycles. The summed E-state index contributed by atoms with van der Waals surface area (Å²) in [7, 11) is 0. The third-order valence-corrected chi connectivity index (χ3v) is 2.51. The molecule has 0 aliphatic rings. The number of urea groups is 1. The average Bonchev–Trinajstić information content (AvgIpc) is 2.23. The van der Waals surface area contributed by atoms with Crippen molar-refractivity contribution in [2.45, 2.75) is 32.9 Å². The molecule has 2 atom stereocenters. The lowest BCUT2D eigenvalue weighted by molar-refractivity contribution is -0.141. The van der Waals surface area contributed by atoms with Crippen molar-refractivity contribution in [1.29, 1.82) is 0 Å². The van der Waals surface area contributed by atoms with Gasteiger partial charge in [-0.3, -0.25) is 0 Å². The number of benzene rings is 1. The maximum Gasteiger partial charge on any atom is 0.328 e. The molecule has 4 N–H and O–H groups in total. The summed E-state index contributed by atoms with van der Waals surface area (Å²) in [5, 5.41) is 22.8. The van der Waals surface area contributed by atoms with Gasteiger partial charge in [0.05, 0.1) is 6.10 Å². The number of anilines is 1. The third kappa shape index (κ3) is 4.59. The first kappa shape index (κ1) is 15.0. The monoisotopic (exact) mass is 266 g/mol. The predicted octanol–water partition coefficient (Wildman–Crippen LogP) is 1.26. The molecule has 19 heavy (non-hydrogen) atoms. The number of aliphatic carboxylic acids is 1. The molecule has 0 aliphatic carbocycles. The topological polar surface area (TPSA) is 98.7 Å². The minimum atomic E-state index is -1.34. The molecule has 2 amide bonds. The van der Waals surface area contributed by atoms with Crippen LogP contribution in [0.1, 0.15) is 18.1 Å². The van der Waals surface area contributed by atoms with Gasteiger partial charge in [-0.1, -0.05) is 6.07 Å². The number of carboxylic acid groups (broad SMARTS) is 1. The maximum atomic E-state index is 11.7. The molecule has 1 aromatic carbocycles. The molecule has 104 valence electrons. The molecular formula is C13H18N2O4. The van der Waals surface area contributed by atoms with Gasteiger partial charge in [0, 0.05) is 5.69 Å². The molecule has 0 aromatic heterocycles. The van der Waals surface area contributed by atoms with Crippen LogP contribution in [0.25, 0.3) is 0 Å². The van der Waals surface area contributed by atoms with E-state index < -0.39 is 24.1 Å². The number of carboxylic acids is 1. The molecule has 0 saturated carbocycles. The molecule has 6 heteroatoms. The maximum absolute atomic E-state index is 11.7. The Labute approximate surface area is 111 Å². The highest BCUT2D eigenvalue weighted by Gasteiger charge is 2.24. The fraction of sp³-hybridized carbons (Fsp3) is 0.385. The van der Waals surface area contributed by atoms with Crippen LogP contribution in [-0.4, -0.2) is 34.4 Å². The van der Waals surface area contributed by atoms with E-state index in [9.17, 15) is 14.7 Å². The fourth-order valence-corrected chi connectivity index (χ4v) is 1.74. The van der Waals surface area contributed by atoms with E-state index in [1.165, 1.54) is 6.92 Å². The van der Waals surface area contributed by atoms with Gasteiger partial charge in [0.25, 0.3) is 0 Å². The summed E-state index contributed by atoms with van der Waals surface area (Å²) in [5.41, 5.74) is 2.55. The van der Waals surface area contributed by atoms with Crippen molar-refractivity contribution in [1.82, 2.24) is 5.32 Å². The highest BCUT2D eigenvalue weighted by Crippen LogP contribution is 2.13. The Morgan fingerprint density at radius 2 is 1.68 bits per heavy atom. The number of amides is 2. The Kier molecular flexibility index (Phi) is 4.88. The predicted molar refractivity (Wildman–Crippen MR) is 71.2 cm³/mol. The summed E-state index contributed by atoms with van der Waals surface area (Å²) in [5.74, 6) is -1.29. The van der Waals surface area contributed by atoms with Gasteiger partial charge < -0.3 is 20.8 Å². The number of carbonyl (C=O) groups is 2. The fourth-order valence-electron chi connectivity index (χ4n) is 1.74. The summed E-state index contributed by atoms with van der Waals surface area (Å²) >= 11 is 0. The summed E-state index contributed by atoms with van der Waals surface area (Å²) in [4.78, 5) is 22.5. The highest BCUT2D eigenvalue weighted by atomic mass is 16.4. The van der Waals surface area contributed by atoms with Crippen LogP contribution in [0.2, 0.25) is 0 Å². The Morgan fingerprint density at radius 3 is 2.11 bits per heavy atom. The Morgan fingerprint density at radius 1 is 1.16 bits per heavy atom. The van der Waals surface area contributed by atoms with Gasteiger partial charge in [0.1, 0.15) is 0 Å². The van der Waals surface area contributed by atoms with E-state index >= 15 is 0 Å². The minimum absolute atomic E-state index is 0.574. The molecule has 0 bridgehead atoms. The summed E-state index contributed by atoms with van der Waals surface area (Å²) in [6.07, 6.45) is -1.18. The van der Waals surface area contributed by atoms with Crippen LogP contribution in [0.15, 0.2) is 18.2 Å². The van der Waals surface area contributed by atoms with E-state index in [2.05, 4.69) is 10.6 Å². The normalized spacial score (nSPS) is 13.5. The second-order valence-electron chi connectivity index (χ2n) is 4.53. The zero-order valence-corrected chi connectivity index (χ0v) is 11.1. The number of hydrogen-bond acceptors (Lipinski definition) is 3. The number of nitrogens with one attached hydrogen (secondary N) is 2. The van der Waals surface area contributed by atoms with E-state index in [1.54, 1.807) is 12.1 Å². The number of rotatable bonds is 4. The SMILES string of the molecule is Cc1cc(C)cc(NC(=O)NC(C(=O)O)C(C)O)c1. The summed E-state index contributed by atoms with van der Waals surface area (Å²) in [6.45, 7) is 5.09. The number of hydrogen-bond donors (Lipinski definition) is 4. The van der Waals surface area contributed by atoms with Gasteiger partial charge in [-0.05, 0) is 44.0 Å². The number of aliphatic hydroxyl groups excluding tert-OH is 1. The van der Waals surface area contributed by atoms with E-state index in [0.717, 1.165) is 11.1 Å². The van der Waals surface area contributed by atoms with E-state index in [4.69, 9.17) is 5.11 Å². The van der Waals surface area contributed by atoms with Crippen molar-refractivity contribution in [2.24, 2.45) is 0 Å². The summed E-state index contributed by atoms with van der Waals surface area (Å²) in [6, 6.07) is 3.48. The van der Waals surface area contributed by atoms with Gasteiger partial charge in [-0.25, -0.2) is 9.59 Å². The van der Waals surface area contributed by atoms with E-state index in [-0.39, 0.29) is 0 Å². The molecule has 1 aromatic rings. The molecule has 0 spiro atoms. The first-order chi connectivity index (χ1) is 8.79. The number of aliphatic hydroxyl groups is 1. The van der Waals surface area contributed by atoms with Crippen molar-refractivity contribution >= 4 is 17.7 Å². The first-order valence-electron chi connectivity index (χ1n) is 5.86. The van der Waals surface area contributed by atoms with Gasteiger partial charge in [-0.15, -0.1) is 0 Å². The molecular weight excluding hydrogens is 248 g/mol. The number of carbonyl (C=O) groups excluding carboxylic acids is 1. The average molecular weight is 266 g/mol. The van der Waals surface area contributed by atoms with Crippen molar-refractivity contribution in [3.05, 3.63) is 29.3 Å². The lowest BCUT2D eigenvalue weighted by Crippen LogP contribution is -2.49. The van der Waals surface area contributed by atoms with Gasteiger partial charge in [0.2, 0.25) is 0 Å². The molecule has 0 fully saturated rings. The van der Waals surface area contributed by atoms with Crippen LogP contribution >= 0.6 is 0 Å². The van der Waals surface area contributed by atoms with Crippen LogP contribution in [0.5, 0.6) is 0 Å². The third-order valence-electron chi connectivity index (χ3n) is 2.51. The molecule has 0 heterocycles. The van der Waals surface area contributed by atoms with Crippen LogP contribution in [0, 0.1) is 13.8 Å². The number of aryl methyl sites for hydroxylation is 2. The molecule has 6 nitrogen and oxygen atoms in total. The quantitative estimate of drug-likeness (QED) is 0.659. The zero-order chi connectivity index (χ0) is 14.6. The van der Waals surface area contributed by atoms with Crippen LogP contribution in [0.4, 0.5) is 10.5 Å². The second kappa shape index (κ2) is 6.19. The Bertz CT molecular complexity index is 465. The molecule has 0 radical (unpaired) electrons. The largest absolute Gasteiger partial charge is 0.480 e. The van der Waals surface area contributed by atoms with E-state index in [0.29, 0.717) is 5.69 Å². The summed E-state index contributed by atoms with van der Waals surface area (Å²) < 4.78 is 0. The zero-order valence-electron chi connectivity index (χ0n) is 11.1.